The van der Waals surface area contributed by atoms with Gasteiger partial charge in [-0.25, -0.2) is 8.78 Å². The zero-order chi connectivity index (χ0) is 20.1. The van der Waals surface area contributed by atoms with Crippen LogP contribution in [0, 0.1) is 0 Å². The van der Waals surface area contributed by atoms with Crippen molar-refractivity contribution in [3.05, 3.63) is 23.7 Å². The van der Waals surface area contributed by atoms with E-state index in [0.29, 0.717) is 12.8 Å². The van der Waals surface area contributed by atoms with Crippen LogP contribution in [0.1, 0.15) is 55.8 Å². The molecule has 0 bridgehead atoms. The zero-order valence-corrected chi connectivity index (χ0v) is 15.2. The van der Waals surface area contributed by atoms with Gasteiger partial charge in [0.1, 0.15) is 17.1 Å². The van der Waals surface area contributed by atoms with Gasteiger partial charge in [-0.05, 0) is 31.7 Å². The number of ether oxygens (including phenoxy) is 2. The van der Waals surface area contributed by atoms with Crippen LogP contribution >= 0.6 is 0 Å². The van der Waals surface area contributed by atoms with Gasteiger partial charge in [-0.15, -0.1) is 10.2 Å². The Bertz CT molecular complexity index is 851. The number of pyridine rings is 1. The molecule has 2 aliphatic carbocycles. The van der Waals surface area contributed by atoms with E-state index in [1.807, 2.05) is 0 Å². The lowest BCUT2D eigenvalue weighted by Gasteiger charge is -2.33. The average molecular weight is 405 g/mol. The lowest BCUT2D eigenvalue weighted by Crippen LogP contribution is -2.34. The maximum Gasteiger partial charge on any atom is 0.423 e. The van der Waals surface area contributed by atoms with Crippen molar-refractivity contribution in [2.24, 2.45) is 0 Å². The van der Waals surface area contributed by atoms with Crippen LogP contribution in [0.25, 0.3) is 5.65 Å². The normalized spacial score (nSPS) is 25.6. The van der Waals surface area contributed by atoms with Crippen molar-refractivity contribution in [1.29, 1.82) is 0 Å². The van der Waals surface area contributed by atoms with E-state index in [2.05, 4.69) is 10.2 Å². The number of rotatable bonds is 4. The van der Waals surface area contributed by atoms with Gasteiger partial charge in [0, 0.05) is 32.1 Å². The van der Waals surface area contributed by atoms with Gasteiger partial charge < -0.3 is 9.47 Å². The Labute approximate surface area is 157 Å². The molecule has 2 aliphatic rings. The molecule has 154 valence electrons. The summed E-state index contributed by atoms with van der Waals surface area (Å²) >= 11 is 0. The van der Waals surface area contributed by atoms with E-state index in [9.17, 15) is 22.0 Å². The van der Waals surface area contributed by atoms with Gasteiger partial charge >= 0.3 is 6.18 Å². The first kappa shape index (κ1) is 19.4. The van der Waals surface area contributed by atoms with E-state index in [-0.39, 0.29) is 23.8 Å². The number of aromatic nitrogens is 3. The van der Waals surface area contributed by atoms with E-state index in [1.54, 1.807) is 7.11 Å². The third-order valence-corrected chi connectivity index (χ3v) is 5.55. The molecular weight excluding hydrogens is 385 g/mol. The monoisotopic (exact) mass is 405 g/mol. The fourth-order valence-corrected chi connectivity index (χ4v) is 4.01. The Morgan fingerprint density at radius 3 is 2.29 bits per heavy atom. The van der Waals surface area contributed by atoms with Crippen LogP contribution in [-0.2, 0) is 10.9 Å². The van der Waals surface area contributed by atoms with Gasteiger partial charge in [0.2, 0.25) is 5.92 Å². The predicted molar refractivity (Wildman–Crippen MR) is 88.6 cm³/mol. The summed E-state index contributed by atoms with van der Waals surface area (Å²) in [6.07, 6.45) is -1.84. The average Bonchev–Trinajstić information content (AvgIpc) is 3.02. The second-order valence-corrected chi connectivity index (χ2v) is 7.52. The highest BCUT2D eigenvalue weighted by Gasteiger charge is 2.48. The molecule has 4 rings (SSSR count). The van der Waals surface area contributed by atoms with Gasteiger partial charge in [0.25, 0.3) is 0 Å². The van der Waals surface area contributed by atoms with Crippen molar-refractivity contribution < 1.29 is 31.4 Å². The number of hydrogen-bond donors (Lipinski definition) is 0. The Hall–Kier alpha value is -1.97. The van der Waals surface area contributed by atoms with Gasteiger partial charge in [-0.2, -0.15) is 13.2 Å². The molecule has 2 aromatic heterocycles. The van der Waals surface area contributed by atoms with Crippen molar-refractivity contribution in [3.8, 4) is 5.75 Å². The van der Waals surface area contributed by atoms with Crippen LogP contribution < -0.4 is 4.74 Å². The number of nitrogens with zero attached hydrogens (tertiary/aromatic N) is 3. The maximum absolute atomic E-state index is 13.8. The van der Waals surface area contributed by atoms with Crippen LogP contribution in [0.3, 0.4) is 0 Å². The summed E-state index contributed by atoms with van der Waals surface area (Å²) in [5, 5.41) is 7.44. The predicted octanol–water partition coefficient (Wildman–Crippen LogP) is 4.60. The molecule has 0 spiro atoms. The summed E-state index contributed by atoms with van der Waals surface area (Å²) in [6, 6.07) is 1.22. The van der Waals surface area contributed by atoms with Gasteiger partial charge in [-0.1, -0.05) is 0 Å². The maximum atomic E-state index is 13.8. The number of methoxy groups -OCH3 is 1. The highest BCUT2D eigenvalue weighted by Crippen LogP contribution is 2.48. The van der Waals surface area contributed by atoms with Gasteiger partial charge in [0.05, 0.1) is 12.2 Å². The molecule has 0 unspecified atom stereocenters. The van der Waals surface area contributed by atoms with E-state index < -0.39 is 42.1 Å². The molecule has 2 aromatic rings. The fourth-order valence-electron chi connectivity index (χ4n) is 4.01. The first-order valence-corrected chi connectivity index (χ1v) is 9.20. The van der Waals surface area contributed by atoms with Crippen LogP contribution in [-0.4, -0.2) is 39.8 Å². The Balaban J connectivity index is 1.64. The van der Waals surface area contributed by atoms with Crippen LogP contribution in [0.5, 0.6) is 5.75 Å². The number of fused-ring (bicyclic) bond motifs is 1. The topological polar surface area (TPSA) is 48.7 Å². The highest BCUT2D eigenvalue weighted by atomic mass is 19.4. The second-order valence-electron chi connectivity index (χ2n) is 7.52. The fraction of sp³-hybridized carbons (Fsp3) is 0.667. The summed E-state index contributed by atoms with van der Waals surface area (Å²) in [7, 11) is 1.61. The van der Waals surface area contributed by atoms with Crippen molar-refractivity contribution in [2.75, 3.05) is 7.11 Å². The molecule has 0 aliphatic heterocycles. The molecule has 0 amide bonds. The van der Waals surface area contributed by atoms with Crippen molar-refractivity contribution in [1.82, 2.24) is 14.6 Å². The number of halogens is 5. The molecule has 2 fully saturated rings. The van der Waals surface area contributed by atoms with Crippen LogP contribution in [0.15, 0.2) is 12.3 Å². The summed E-state index contributed by atoms with van der Waals surface area (Å²) in [4.78, 5) is 0. The summed E-state index contributed by atoms with van der Waals surface area (Å²) in [6.45, 7) is 0. The second kappa shape index (κ2) is 6.82. The first-order valence-electron chi connectivity index (χ1n) is 9.20. The first-order chi connectivity index (χ1) is 13.2. The quantitative estimate of drug-likeness (QED) is 0.698. The highest BCUT2D eigenvalue weighted by molar-refractivity contribution is 5.57. The molecule has 2 saturated carbocycles. The SMILES string of the molecule is COC1CCC(Oc2ccn3c(C4CC(F)(F)C4)nnc3c2C(F)(F)F)CC1. The molecule has 0 radical (unpaired) electrons. The van der Waals surface area contributed by atoms with Crippen molar-refractivity contribution >= 4 is 5.65 Å². The Morgan fingerprint density at radius 2 is 1.71 bits per heavy atom. The molecule has 10 heteroatoms. The minimum atomic E-state index is -4.71. The van der Waals surface area contributed by atoms with E-state index in [1.165, 1.54) is 12.3 Å². The molecule has 5 nitrogen and oxygen atoms in total. The standard InChI is InChI=1S/C18H20F5N3O2/c1-27-11-2-4-12(5-3-11)28-13-6-7-26-15(10-8-17(19,20)9-10)24-25-16(26)14(13)18(21,22)23/h6-7,10-12H,2-5,8-9H2,1H3. The summed E-state index contributed by atoms with van der Waals surface area (Å²) < 4.78 is 79.8. The molecule has 2 heterocycles. The summed E-state index contributed by atoms with van der Waals surface area (Å²) in [5.41, 5.74) is -1.44. The Morgan fingerprint density at radius 1 is 1.07 bits per heavy atom. The lowest BCUT2D eigenvalue weighted by molar-refractivity contribution is -0.138. The minimum absolute atomic E-state index is 0.101. The molecule has 0 aromatic carbocycles. The summed E-state index contributed by atoms with van der Waals surface area (Å²) in [5.74, 6) is -3.59. The minimum Gasteiger partial charge on any atom is -0.490 e. The number of alkyl halides is 5. The molecule has 0 saturated heterocycles. The van der Waals surface area contributed by atoms with Crippen LogP contribution in [0.2, 0.25) is 0 Å². The van der Waals surface area contributed by atoms with E-state index in [0.717, 1.165) is 17.2 Å². The van der Waals surface area contributed by atoms with Crippen molar-refractivity contribution in [3.63, 3.8) is 0 Å². The molecule has 28 heavy (non-hydrogen) atoms. The molecule has 0 atom stereocenters. The van der Waals surface area contributed by atoms with Gasteiger partial charge in [-0.3, -0.25) is 4.40 Å². The van der Waals surface area contributed by atoms with Crippen LogP contribution in [0.4, 0.5) is 22.0 Å². The smallest absolute Gasteiger partial charge is 0.423 e. The Kier molecular flexibility index (Phi) is 4.71. The number of hydrogen-bond acceptors (Lipinski definition) is 4. The largest absolute Gasteiger partial charge is 0.490 e. The van der Waals surface area contributed by atoms with E-state index >= 15 is 0 Å². The third-order valence-electron chi connectivity index (χ3n) is 5.55. The molecular formula is C18H20F5N3O2. The third kappa shape index (κ3) is 3.54. The van der Waals surface area contributed by atoms with Gasteiger partial charge in [0.15, 0.2) is 5.65 Å². The zero-order valence-electron chi connectivity index (χ0n) is 15.2. The lowest BCUT2D eigenvalue weighted by atomic mass is 9.81. The molecule has 0 N–H and O–H groups in total. The van der Waals surface area contributed by atoms with Crippen molar-refractivity contribution in [2.45, 2.75) is 68.7 Å². The van der Waals surface area contributed by atoms with E-state index in [4.69, 9.17) is 9.47 Å².